The third-order valence-corrected chi connectivity index (χ3v) is 3.63. The lowest BCUT2D eigenvalue weighted by Gasteiger charge is -2.09. The maximum absolute atomic E-state index is 11.8. The molecule has 1 aromatic rings. The number of esters is 1. The van der Waals surface area contributed by atoms with Gasteiger partial charge in [-0.3, -0.25) is 4.79 Å². The van der Waals surface area contributed by atoms with Crippen molar-refractivity contribution in [1.82, 2.24) is 0 Å². The number of carbonyl (C=O) groups excluding carboxylic acids is 2. The fourth-order valence-electron chi connectivity index (χ4n) is 1.62. The highest BCUT2D eigenvalue weighted by atomic mass is 32.1. The molecule has 5 N–H and O–H groups in total. The zero-order valence-electron chi connectivity index (χ0n) is 12.4. The van der Waals surface area contributed by atoms with Crippen molar-refractivity contribution in [3.8, 4) is 0 Å². The van der Waals surface area contributed by atoms with E-state index in [2.05, 4.69) is 5.32 Å². The normalized spacial score (nSPS) is 10.7. The summed E-state index contributed by atoms with van der Waals surface area (Å²) in [6.07, 6.45) is 0.117. The Morgan fingerprint density at radius 2 is 2.05 bits per heavy atom. The number of rotatable bonds is 8. The molecule has 1 heterocycles. The highest BCUT2D eigenvalue weighted by molar-refractivity contribution is 7.19. The predicted octanol–water partition coefficient (Wildman–Crippen LogP) is 1.44. The highest BCUT2D eigenvalue weighted by Gasteiger charge is 2.24. The SMILES string of the molecule is CCOC(=O)c1sc(NCCOC(C)C)c(C(N)=O)c1N. The number of nitrogens with one attached hydrogen (secondary N) is 1. The van der Waals surface area contributed by atoms with Gasteiger partial charge in [0.15, 0.2) is 0 Å². The van der Waals surface area contributed by atoms with Crippen LogP contribution in [0.25, 0.3) is 0 Å². The maximum atomic E-state index is 11.8. The van der Waals surface area contributed by atoms with Crippen LogP contribution in [0.5, 0.6) is 0 Å². The Balaban J connectivity index is 2.89. The van der Waals surface area contributed by atoms with Crippen LogP contribution in [0.2, 0.25) is 0 Å². The first-order valence-corrected chi connectivity index (χ1v) is 7.44. The molecule has 8 heteroatoms. The van der Waals surface area contributed by atoms with Gasteiger partial charge in [-0.25, -0.2) is 4.79 Å². The third kappa shape index (κ3) is 4.61. The van der Waals surface area contributed by atoms with Gasteiger partial charge in [0, 0.05) is 6.54 Å². The van der Waals surface area contributed by atoms with Crippen LogP contribution >= 0.6 is 11.3 Å². The topological polar surface area (TPSA) is 117 Å². The lowest BCUT2D eigenvalue weighted by molar-refractivity contribution is 0.0533. The van der Waals surface area contributed by atoms with Crippen molar-refractivity contribution >= 4 is 33.9 Å². The number of hydrogen-bond acceptors (Lipinski definition) is 7. The van der Waals surface area contributed by atoms with Gasteiger partial charge in [-0.2, -0.15) is 0 Å². The molecule has 0 aliphatic rings. The fourth-order valence-corrected chi connectivity index (χ4v) is 2.67. The minimum atomic E-state index is -0.688. The van der Waals surface area contributed by atoms with Gasteiger partial charge in [0.2, 0.25) is 0 Å². The summed E-state index contributed by atoms with van der Waals surface area (Å²) < 4.78 is 10.3. The van der Waals surface area contributed by atoms with E-state index in [9.17, 15) is 9.59 Å². The lowest BCUT2D eigenvalue weighted by Crippen LogP contribution is -2.17. The number of carbonyl (C=O) groups is 2. The Hall–Kier alpha value is -1.80. The average Bonchev–Trinajstić information content (AvgIpc) is 2.72. The van der Waals surface area contributed by atoms with Gasteiger partial charge < -0.3 is 26.3 Å². The molecule has 0 saturated carbocycles. The van der Waals surface area contributed by atoms with E-state index in [0.717, 1.165) is 11.3 Å². The van der Waals surface area contributed by atoms with Crippen molar-refractivity contribution in [3.63, 3.8) is 0 Å². The number of thiophene rings is 1. The molecule has 0 aromatic carbocycles. The predicted molar refractivity (Wildman–Crippen MR) is 82.8 cm³/mol. The minimum Gasteiger partial charge on any atom is -0.462 e. The smallest absolute Gasteiger partial charge is 0.350 e. The van der Waals surface area contributed by atoms with Crippen LogP contribution < -0.4 is 16.8 Å². The van der Waals surface area contributed by atoms with Crippen molar-refractivity contribution in [2.24, 2.45) is 5.73 Å². The average molecular weight is 315 g/mol. The first-order chi connectivity index (χ1) is 9.88. The second kappa shape index (κ2) is 7.84. The van der Waals surface area contributed by atoms with Gasteiger partial charge in [0.05, 0.1) is 30.6 Å². The van der Waals surface area contributed by atoms with Crippen molar-refractivity contribution < 1.29 is 19.1 Å². The summed E-state index contributed by atoms with van der Waals surface area (Å²) >= 11 is 1.05. The molecule has 0 radical (unpaired) electrons. The van der Waals surface area contributed by atoms with Crippen LogP contribution in [0.15, 0.2) is 0 Å². The van der Waals surface area contributed by atoms with Crippen molar-refractivity contribution in [2.75, 3.05) is 30.8 Å². The number of amides is 1. The molecule has 0 unspecified atom stereocenters. The van der Waals surface area contributed by atoms with Crippen molar-refractivity contribution in [2.45, 2.75) is 26.9 Å². The molecule has 0 aliphatic heterocycles. The molecule has 0 bridgehead atoms. The van der Waals surface area contributed by atoms with Gasteiger partial charge in [-0.05, 0) is 20.8 Å². The van der Waals surface area contributed by atoms with E-state index in [0.29, 0.717) is 18.2 Å². The lowest BCUT2D eigenvalue weighted by atomic mass is 10.2. The first-order valence-electron chi connectivity index (χ1n) is 6.63. The Morgan fingerprint density at radius 1 is 1.38 bits per heavy atom. The number of nitrogen functional groups attached to an aromatic ring is 1. The van der Waals surface area contributed by atoms with Gasteiger partial charge in [0.1, 0.15) is 9.88 Å². The Bertz CT molecular complexity index is 514. The molecular formula is C13H21N3O4S. The molecule has 0 fully saturated rings. The highest BCUT2D eigenvalue weighted by Crippen LogP contribution is 2.35. The van der Waals surface area contributed by atoms with Crippen LogP contribution in [-0.4, -0.2) is 37.7 Å². The van der Waals surface area contributed by atoms with Crippen molar-refractivity contribution in [1.29, 1.82) is 0 Å². The summed E-state index contributed by atoms with van der Waals surface area (Å²) in [4.78, 5) is 23.5. The van der Waals surface area contributed by atoms with Crippen LogP contribution in [0, 0.1) is 0 Å². The second-order valence-corrected chi connectivity index (χ2v) is 5.50. The Morgan fingerprint density at radius 3 is 2.57 bits per heavy atom. The summed E-state index contributed by atoms with van der Waals surface area (Å²) in [6, 6.07) is 0. The second-order valence-electron chi connectivity index (χ2n) is 4.48. The van der Waals surface area contributed by atoms with Crippen LogP contribution in [0.1, 0.15) is 40.8 Å². The molecule has 1 rings (SSSR count). The minimum absolute atomic E-state index is 0.0539. The molecule has 7 nitrogen and oxygen atoms in total. The summed E-state index contributed by atoms with van der Waals surface area (Å²) in [6.45, 7) is 6.71. The van der Waals surface area contributed by atoms with E-state index in [1.165, 1.54) is 0 Å². The van der Waals surface area contributed by atoms with Crippen LogP contribution in [0.3, 0.4) is 0 Å². The standard InChI is InChI=1S/C13H21N3O4S/c1-4-19-13(18)10-9(14)8(11(15)17)12(21-10)16-5-6-20-7(2)3/h7,16H,4-6,14H2,1-3H3,(H2,15,17). The molecule has 0 saturated heterocycles. The van der Waals surface area contributed by atoms with Gasteiger partial charge >= 0.3 is 5.97 Å². The molecule has 118 valence electrons. The van der Waals surface area contributed by atoms with E-state index < -0.39 is 11.9 Å². The van der Waals surface area contributed by atoms with E-state index in [-0.39, 0.29) is 28.8 Å². The van der Waals surface area contributed by atoms with E-state index in [4.69, 9.17) is 20.9 Å². The zero-order chi connectivity index (χ0) is 16.0. The summed E-state index contributed by atoms with van der Waals surface area (Å²) in [5.41, 5.74) is 11.3. The van der Waals surface area contributed by atoms with E-state index in [1.807, 2.05) is 13.8 Å². The molecule has 0 atom stereocenters. The quantitative estimate of drug-likeness (QED) is 0.494. The molecule has 0 spiro atoms. The third-order valence-electron chi connectivity index (χ3n) is 2.49. The Labute approximate surface area is 127 Å². The molecule has 0 aliphatic carbocycles. The first kappa shape index (κ1) is 17.3. The summed E-state index contributed by atoms with van der Waals surface area (Å²) in [5.74, 6) is -1.25. The van der Waals surface area contributed by atoms with Gasteiger partial charge in [-0.1, -0.05) is 0 Å². The zero-order valence-corrected chi connectivity index (χ0v) is 13.2. The van der Waals surface area contributed by atoms with Crippen LogP contribution in [-0.2, 0) is 9.47 Å². The number of nitrogens with two attached hydrogens (primary N) is 2. The Kier molecular flexibility index (Phi) is 6.44. The molecule has 1 aromatic heterocycles. The van der Waals surface area contributed by atoms with E-state index >= 15 is 0 Å². The molecular weight excluding hydrogens is 294 g/mol. The summed E-state index contributed by atoms with van der Waals surface area (Å²) in [7, 11) is 0. The number of anilines is 2. The molecule has 1 amide bonds. The summed E-state index contributed by atoms with van der Waals surface area (Å²) in [5, 5.41) is 3.47. The number of hydrogen-bond donors (Lipinski definition) is 3. The van der Waals surface area contributed by atoms with Crippen LogP contribution in [0.4, 0.5) is 10.7 Å². The fraction of sp³-hybridized carbons (Fsp3) is 0.538. The maximum Gasteiger partial charge on any atom is 0.350 e. The largest absolute Gasteiger partial charge is 0.462 e. The monoisotopic (exact) mass is 315 g/mol. The van der Waals surface area contributed by atoms with Crippen molar-refractivity contribution in [3.05, 3.63) is 10.4 Å². The number of primary amides is 1. The van der Waals surface area contributed by atoms with Gasteiger partial charge in [-0.15, -0.1) is 11.3 Å². The van der Waals surface area contributed by atoms with Gasteiger partial charge in [0.25, 0.3) is 5.91 Å². The van der Waals surface area contributed by atoms with E-state index in [1.54, 1.807) is 6.92 Å². The number of ether oxygens (including phenoxy) is 2. The molecule has 21 heavy (non-hydrogen) atoms.